The average molecular weight is 663 g/mol. The topological polar surface area (TPSA) is 139 Å². The van der Waals surface area contributed by atoms with Crippen molar-refractivity contribution in [1.29, 1.82) is 0 Å². The second kappa shape index (κ2) is 16.0. The zero-order chi connectivity index (χ0) is 34.0. The number of amides is 2. The van der Waals surface area contributed by atoms with Crippen LogP contribution < -0.4 is 24.3 Å². The summed E-state index contributed by atoms with van der Waals surface area (Å²) in [5, 5.41) is 15.6. The number of benzene rings is 3. The van der Waals surface area contributed by atoms with Gasteiger partial charge in [0.2, 0.25) is 17.6 Å². The third kappa shape index (κ3) is 8.18. The molecular formula is C34H39FN6O7. The highest BCUT2D eigenvalue weighted by Crippen LogP contribution is 2.31. The zero-order valence-electron chi connectivity index (χ0n) is 27.3. The highest BCUT2D eigenvalue weighted by molar-refractivity contribution is 5.88. The molecule has 3 aromatic carbocycles. The van der Waals surface area contributed by atoms with Gasteiger partial charge in [-0.05, 0) is 78.1 Å². The maximum atomic E-state index is 14.2. The van der Waals surface area contributed by atoms with Crippen LogP contribution in [0.4, 0.5) is 4.39 Å². The van der Waals surface area contributed by atoms with E-state index in [4.69, 9.17) is 23.7 Å². The van der Waals surface area contributed by atoms with E-state index in [1.54, 1.807) is 38.5 Å². The molecule has 0 unspecified atom stereocenters. The Balaban J connectivity index is 1.44. The maximum Gasteiger partial charge on any atom is 0.247 e. The van der Waals surface area contributed by atoms with Crippen LogP contribution in [0, 0.1) is 5.82 Å². The standard InChI is InChI=1S/C34H39FN6O7/c1-44-27-13-7-22(18-29(27)46-3)15-16-40(32(23-8-11-25(35)12-9-23)34(43)36-20-26-6-5-17-48-26)31(42)21-41-38-33(37-39-41)24-10-14-28(45-2)30(19-24)47-4/h7-14,18-19,26,32H,5-6,15-17,20-21H2,1-4H3,(H,36,43)/t26-,32-/m1/s1. The molecule has 2 amide bonds. The molecule has 4 aromatic rings. The Morgan fingerprint density at radius 1 is 0.958 bits per heavy atom. The minimum absolute atomic E-state index is 0.118. The second-order valence-electron chi connectivity index (χ2n) is 11.1. The lowest BCUT2D eigenvalue weighted by Crippen LogP contribution is -2.47. The summed E-state index contributed by atoms with van der Waals surface area (Å²) in [5.74, 6) is 1.06. The van der Waals surface area contributed by atoms with Crippen LogP contribution in [0.25, 0.3) is 11.4 Å². The van der Waals surface area contributed by atoms with Gasteiger partial charge in [-0.2, -0.15) is 4.80 Å². The summed E-state index contributed by atoms with van der Waals surface area (Å²) in [6, 6.07) is 15.1. The van der Waals surface area contributed by atoms with E-state index in [0.717, 1.165) is 18.4 Å². The van der Waals surface area contributed by atoms with Gasteiger partial charge in [-0.25, -0.2) is 4.39 Å². The van der Waals surface area contributed by atoms with E-state index in [0.29, 0.717) is 47.2 Å². The summed E-state index contributed by atoms with van der Waals surface area (Å²) in [6.45, 7) is 0.728. The van der Waals surface area contributed by atoms with E-state index in [1.165, 1.54) is 48.2 Å². The van der Waals surface area contributed by atoms with Crippen LogP contribution in [0.5, 0.6) is 23.0 Å². The van der Waals surface area contributed by atoms with Gasteiger partial charge < -0.3 is 33.9 Å². The van der Waals surface area contributed by atoms with E-state index in [-0.39, 0.29) is 31.6 Å². The summed E-state index contributed by atoms with van der Waals surface area (Å²) in [6.07, 6.45) is 1.98. The van der Waals surface area contributed by atoms with E-state index >= 15 is 0 Å². The molecule has 48 heavy (non-hydrogen) atoms. The molecule has 2 atom stereocenters. The Labute approximate surface area is 277 Å². The van der Waals surface area contributed by atoms with Gasteiger partial charge in [-0.15, -0.1) is 10.2 Å². The third-order valence-corrected chi connectivity index (χ3v) is 8.05. The lowest BCUT2D eigenvalue weighted by atomic mass is 10.0. The van der Waals surface area contributed by atoms with Crippen molar-refractivity contribution >= 4 is 11.8 Å². The van der Waals surface area contributed by atoms with Gasteiger partial charge >= 0.3 is 0 Å². The Hall–Kier alpha value is -5.24. The Bertz CT molecular complexity index is 1690. The summed E-state index contributed by atoms with van der Waals surface area (Å²) < 4.78 is 41.3. The minimum atomic E-state index is -1.09. The number of rotatable bonds is 15. The Kier molecular flexibility index (Phi) is 11.4. The molecule has 13 nitrogen and oxygen atoms in total. The lowest BCUT2D eigenvalue weighted by Gasteiger charge is -2.32. The molecule has 1 fully saturated rings. The number of tetrazole rings is 1. The molecule has 1 aliphatic heterocycles. The van der Waals surface area contributed by atoms with Crippen molar-refractivity contribution in [3.8, 4) is 34.4 Å². The molecule has 0 aliphatic carbocycles. The van der Waals surface area contributed by atoms with Crippen molar-refractivity contribution in [2.24, 2.45) is 0 Å². The number of hydrogen-bond acceptors (Lipinski definition) is 10. The SMILES string of the molecule is COc1ccc(CCN(C(=O)Cn2nnc(-c3ccc(OC)c(OC)c3)n2)[C@@H](C(=O)NC[C@H]2CCCO2)c2ccc(F)cc2)cc1OC. The monoisotopic (exact) mass is 662 g/mol. The van der Waals surface area contributed by atoms with Crippen LogP contribution in [-0.2, 0) is 27.3 Å². The van der Waals surface area contributed by atoms with E-state index in [2.05, 4.69) is 20.7 Å². The number of methoxy groups -OCH3 is 4. The van der Waals surface area contributed by atoms with Crippen LogP contribution in [0.3, 0.4) is 0 Å². The molecule has 2 heterocycles. The first-order chi connectivity index (χ1) is 23.3. The summed E-state index contributed by atoms with van der Waals surface area (Å²) in [5.41, 5.74) is 1.89. The maximum absolute atomic E-state index is 14.2. The molecule has 14 heteroatoms. The number of carbonyl (C=O) groups is 2. The molecule has 0 saturated carbocycles. The molecule has 0 bridgehead atoms. The van der Waals surface area contributed by atoms with Crippen molar-refractivity contribution in [3.63, 3.8) is 0 Å². The van der Waals surface area contributed by atoms with Crippen LogP contribution in [-0.4, -0.2) is 91.2 Å². The van der Waals surface area contributed by atoms with Gasteiger partial charge in [0.05, 0.1) is 34.5 Å². The van der Waals surface area contributed by atoms with Gasteiger partial charge in [0.25, 0.3) is 0 Å². The number of nitrogens with one attached hydrogen (secondary N) is 1. The minimum Gasteiger partial charge on any atom is -0.493 e. The predicted molar refractivity (Wildman–Crippen MR) is 172 cm³/mol. The Morgan fingerprint density at radius 3 is 2.31 bits per heavy atom. The first kappa shape index (κ1) is 34.1. The second-order valence-corrected chi connectivity index (χ2v) is 11.1. The number of carbonyl (C=O) groups excluding carboxylic acids is 2. The molecule has 1 aliphatic rings. The number of aromatic nitrogens is 4. The van der Waals surface area contributed by atoms with Gasteiger partial charge in [0.15, 0.2) is 23.0 Å². The molecule has 1 N–H and O–H groups in total. The summed E-state index contributed by atoms with van der Waals surface area (Å²) in [4.78, 5) is 30.7. The van der Waals surface area contributed by atoms with Crippen molar-refractivity contribution in [2.75, 3.05) is 48.1 Å². The molecule has 0 radical (unpaired) electrons. The third-order valence-electron chi connectivity index (χ3n) is 8.05. The molecule has 1 aromatic heterocycles. The van der Waals surface area contributed by atoms with E-state index < -0.39 is 23.7 Å². The molecule has 254 valence electrons. The van der Waals surface area contributed by atoms with Crippen LogP contribution in [0.2, 0.25) is 0 Å². The van der Waals surface area contributed by atoms with Gasteiger partial charge in [-0.1, -0.05) is 18.2 Å². The highest BCUT2D eigenvalue weighted by Gasteiger charge is 2.33. The summed E-state index contributed by atoms with van der Waals surface area (Å²) in [7, 11) is 6.16. The van der Waals surface area contributed by atoms with Crippen LogP contribution >= 0.6 is 0 Å². The fraction of sp³-hybridized carbons (Fsp3) is 0.382. The Morgan fingerprint density at radius 2 is 1.65 bits per heavy atom. The van der Waals surface area contributed by atoms with Crippen LogP contribution in [0.15, 0.2) is 60.7 Å². The quantitative estimate of drug-likeness (QED) is 0.201. The lowest BCUT2D eigenvalue weighted by molar-refractivity contribution is -0.141. The number of halogens is 1. The molecular weight excluding hydrogens is 623 g/mol. The van der Waals surface area contributed by atoms with Gasteiger partial charge in [-0.3, -0.25) is 9.59 Å². The normalized spacial score (nSPS) is 14.6. The van der Waals surface area contributed by atoms with Crippen molar-refractivity contribution in [2.45, 2.75) is 38.0 Å². The highest BCUT2D eigenvalue weighted by atomic mass is 19.1. The largest absolute Gasteiger partial charge is 0.493 e. The molecule has 0 spiro atoms. The van der Waals surface area contributed by atoms with Gasteiger partial charge in [0.1, 0.15) is 18.4 Å². The predicted octanol–water partition coefficient (Wildman–Crippen LogP) is 3.62. The van der Waals surface area contributed by atoms with Crippen LogP contribution in [0.1, 0.15) is 30.0 Å². The van der Waals surface area contributed by atoms with Crippen molar-refractivity contribution in [1.82, 2.24) is 30.4 Å². The van der Waals surface area contributed by atoms with E-state index in [9.17, 15) is 14.0 Å². The molecule has 5 rings (SSSR count). The zero-order valence-corrected chi connectivity index (χ0v) is 27.3. The van der Waals surface area contributed by atoms with E-state index in [1.807, 2.05) is 12.1 Å². The van der Waals surface area contributed by atoms with Gasteiger partial charge in [0, 0.05) is 25.3 Å². The van der Waals surface area contributed by atoms with Crippen molar-refractivity contribution < 1.29 is 37.7 Å². The fourth-order valence-corrected chi connectivity index (χ4v) is 5.53. The molecule has 1 saturated heterocycles. The smallest absolute Gasteiger partial charge is 0.247 e. The number of nitrogens with zero attached hydrogens (tertiary/aromatic N) is 5. The number of hydrogen-bond donors (Lipinski definition) is 1. The first-order valence-corrected chi connectivity index (χ1v) is 15.5. The van der Waals surface area contributed by atoms with Crippen molar-refractivity contribution in [3.05, 3.63) is 77.6 Å². The summed E-state index contributed by atoms with van der Waals surface area (Å²) >= 11 is 0. The first-order valence-electron chi connectivity index (χ1n) is 15.5. The number of ether oxygens (including phenoxy) is 5. The fourth-order valence-electron chi connectivity index (χ4n) is 5.53. The average Bonchev–Trinajstić information content (AvgIpc) is 3.82.